The van der Waals surface area contributed by atoms with Crippen LogP contribution in [-0.2, 0) is 21.7 Å². The molecule has 154 valence electrons. The molecule has 3 aromatic heterocycles. The van der Waals surface area contributed by atoms with Crippen LogP contribution in [0.5, 0.6) is 0 Å². The van der Waals surface area contributed by atoms with Gasteiger partial charge in [-0.15, -0.1) is 0 Å². The summed E-state index contributed by atoms with van der Waals surface area (Å²) < 4.78 is 11.2. The molecule has 0 unspecified atom stereocenters. The monoisotopic (exact) mass is 423 g/mol. The van der Waals surface area contributed by atoms with E-state index in [0.29, 0.717) is 23.5 Å². The normalized spacial score (nSPS) is 22.0. The second kappa shape index (κ2) is 7.58. The van der Waals surface area contributed by atoms with E-state index in [2.05, 4.69) is 20.3 Å². The molecular formula is C22H22ClN5O2. The van der Waals surface area contributed by atoms with E-state index in [1.165, 1.54) is 0 Å². The first kappa shape index (κ1) is 19.4. The number of aryl methyl sites for hydroxylation is 1. The van der Waals surface area contributed by atoms with Gasteiger partial charge in [-0.1, -0.05) is 17.7 Å². The molecule has 2 aliphatic heterocycles. The number of halogens is 1. The van der Waals surface area contributed by atoms with E-state index >= 15 is 0 Å². The van der Waals surface area contributed by atoms with E-state index in [9.17, 15) is 0 Å². The molecule has 0 spiro atoms. The Morgan fingerprint density at radius 2 is 2.07 bits per heavy atom. The molecule has 1 N–H and O–H groups in total. The zero-order valence-electron chi connectivity index (χ0n) is 16.9. The van der Waals surface area contributed by atoms with Gasteiger partial charge >= 0.3 is 0 Å². The summed E-state index contributed by atoms with van der Waals surface area (Å²) >= 11 is 6.19. The molecule has 3 aliphatic rings. The molecule has 1 saturated carbocycles. The number of pyridine rings is 2. The molecule has 1 aliphatic carbocycles. The predicted molar refractivity (Wildman–Crippen MR) is 114 cm³/mol. The minimum atomic E-state index is -0.315. The number of nitrogens with one attached hydrogen (secondary N) is 1. The van der Waals surface area contributed by atoms with Crippen molar-refractivity contribution in [1.82, 2.24) is 19.9 Å². The topological polar surface area (TPSA) is 82.0 Å². The largest absolute Gasteiger partial charge is 0.380 e. The Kier molecular flexibility index (Phi) is 4.89. The number of hydrogen-bond donors (Lipinski definition) is 1. The lowest BCUT2D eigenvalue weighted by Crippen LogP contribution is -2.35. The summed E-state index contributed by atoms with van der Waals surface area (Å²) in [5.41, 5.74) is 3.97. The summed E-state index contributed by atoms with van der Waals surface area (Å²) in [5.74, 6) is 2.09. The van der Waals surface area contributed by atoms with E-state index in [1.54, 1.807) is 25.6 Å². The minimum absolute atomic E-state index is 0.315. The average Bonchev–Trinajstić information content (AvgIpc) is 3.31. The molecule has 3 fully saturated rings. The summed E-state index contributed by atoms with van der Waals surface area (Å²) in [4.78, 5) is 18.2. The smallest absolute Gasteiger partial charge is 0.162 e. The predicted octanol–water partition coefficient (Wildman–Crippen LogP) is 4.42. The lowest BCUT2D eigenvalue weighted by atomic mass is 9.74. The van der Waals surface area contributed by atoms with Crippen molar-refractivity contribution in [2.24, 2.45) is 5.92 Å². The molecule has 0 atom stereocenters. The zero-order chi connectivity index (χ0) is 20.7. The average molecular weight is 424 g/mol. The van der Waals surface area contributed by atoms with Crippen LogP contribution in [0.2, 0.25) is 5.15 Å². The highest BCUT2D eigenvalue weighted by Crippen LogP contribution is 2.54. The Balaban J connectivity index is 1.48. The molecule has 30 heavy (non-hydrogen) atoms. The number of anilines is 2. The highest BCUT2D eigenvalue weighted by Gasteiger charge is 2.55. The van der Waals surface area contributed by atoms with Gasteiger partial charge in [-0.05, 0) is 43.4 Å². The quantitative estimate of drug-likeness (QED) is 0.587. The standard InChI is InChI=1S/C22H22ClN5O2/c1-13-5-20(28-21(26-13)22-7-15(8-22)12-30-22)27-18-6-19(23)25-10-16(18)17-4-3-14(9-24-17)11-29-2/h3-6,9-10,15H,7-8,11-12H2,1-2H3,(H,25,26,27,28). The number of nitrogens with zero attached hydrogens (tertiary/aromatic N) is 4. The van der Waals surface area contributed by atoms with Gasteiger partial charge in [0, 0.05) is 36.8 Å². The Bertz CT molecular complexity index is 1080. The third-order valence-corrected chi connectivity index (χ3v) is 5.85. The van der Waals surface area contributed by atoms with Crippen LogP contribution in [0.4, 0.5) is 11.5 Å². The van der Waals surface area contributed by atoms with E-state index in [1.807, 2.05) is 25.1 Å². The number of hydrogen-bond acceptors (Lipinski definition) is 7. The van der Waals surface area contributed by atoms with Crippen molar-refractivity contribution >= 4 is 23.1 Å². The van der Waals surface area contributed by atoms with Crippen molar-refractivity contribution in [3.63, 3.8) is 0 Å². The van der Waals surface area contributed by atoms with Crippen LogP contribution < -0.4 is 5.32 Å². The molecular weight excluding hydrogens is 402 g/mol. The van der Waals surface area contributed by atoms with Crippen molar-refractivity contribution < 1.29 is 9.47 Å². The van der Waals surface area contributed by atoms with Gasteiger partial charge in [-0.3, -0.25) is 4.98 Å². The molecule has 3 aromatic rings. The fraction of sp³-hybridized carbons (Fsp3) is 0.364. The third-order valence-electron chi connectivity index (χ3n) is 5.64. The highest BCUT2D eigenvalue weighted by molar-refractivity contribution is 6.29. The van der Waals surface area contributed by atoms with Gasteiger partial charge in [0.15, 0.2) is 5.82 Å². The van der Waals surface area contributed by atoms with Gasteiger partial charge in [-0.2, -0.15) is 0 Å². The van der Waals surface area contributed by atoms with E-state index in [4.69, 9.17) is 26.1 Å². The van der Waals surface area contributed by atoms with Crippen LogP contribution in [0.1, 0.15) is 29.9 Å². The van der Waals surface area contributed by atoms with E-state index in [-0.39, 0.29) is 5.60 Å². The SMILES string of the molecule is COCc1ccc(-c2cnc(Cl)cc2Nc2cc(C)nc(C34CC(CO3)C4)n2)nc1. The fourth-order valence-electron chi connectivity index (χ4n) is 4.18. The van der Waals surface area contributed by atoms with Gasteiger partial charge in [0.25, 0.3) is 0 Å². The van der Waals surface area contributed by atoms with Crippen molar-refractivity contribution in [3.05, 3.63) is 58.9 Å². The second-order valence-corrected chi connectivity index (χ2v) is 8.35. The van der Waals surface area contributed by atoms with Crippen molar-refractivity contribution in [2.75, 3.05) is 19.0 Å². The summed E-state index contributed by atoms with van der Waals surface area (Å²) in [7, 11) is 1.66. The van der Waals surface area contributed by atoms with Gasteiger partial charge < -0.3 is 14.8 Å². The highest BCUT2D eigenvalue weighted by atomic mass is 35.5. The van der Waals surface area contributed by atoms with Crippen LogP contribution in [-0.4, -0.2) is 33.7 Å². The number of rotatable bonds is 6. The lowest BCUT2D eigenvalue weighted by Gasteiger charge is -2.34. The third kappa shape index (κ3) is 3.53. The number of fused-ring (bicyclic) bond motifs is 1. The van der Waals surface area contributed by atoms with Crippen LogP contribution in [0.15, 0.2) is 36.7 Å². The van der Waals surface area contributed by atoms with E-state index < -0.39 is 0 Å². The zero-order valence-corrected chi connectivity index (χ0v) is 17.6. The molecule has 0 aromatic carbocycles. The first-order chi connectivity index (χ1) is 14.5. The van der Waals surface area contributed by atoms with Gasteiger partial charge in [-0.25, -0.2) is 15.0 Å². The molecule has 7 nitrogen and oxygen atoms in total. The first-order valence-electron chi connectivity index (χ1n) is 9.91. The maximum absolute atomic E-state index is 6.19. The summed E-state index contributed by atoms with van der Waals surface area (Å²) in [6.45, 7) is 3.29. The number of aromatic nitrogens is 4. The Hall–Kier alpha value is -2.61. The Morgan fingerprint density at radius 1 is 1.20 bits per heavy atom. The fourth-order valence-corrected chi connectivity index (χ4v) is 4.34. The molecule has 6 rings (SSSR count). The van der Waals surface area contributed by atoms with Crippen LogP contribution >= 0.6 is 11.6 Å². The van der Waals surface area contributed by atoms with Crippen molar-refractivity contribution in [3.8, 4) is 11.3 Å². The molecule has 0 amide bonds. The van der Waals surface area contributed by atoms with Crippen LogP contribution in [0.25, 0.3) is 11.3 Å². The van der Waals surface area contributed by atoms with Crippen LogP contribution in [0.3, 0.4) is 0 Å². The Morgan fingerprint density at radius 3 is 2.77 bits per heavy atom. The van der Waals surface area contributed by atoms with Crippen molar-refractivity contribution in [1.29, 1.82) is 0 Å². The van der Waals surface area contributed by atoms with Gasteiger partial charge in [0.1, 0.15) is 16.6 Å². The Labute approximate surface area is 179 Å². The minimum Gasteiger partial charge on any atom is -0.380 e. The molecule has 2 bridgehead atoms. The summed E-state index contributed by atoms with van der Waals surface area (Å²) in [5, 5.41) is 3.79. The maximum Gasteiger partial charge on any atom is 0.162 e. The van der Waals surface area contributed by atoms with Gasteiger partial charge in [0.05, 0.1) is 24.6 Å². The second-order valence-electron chi connectivity index (χ2n) is 7.96. The maximum atomic E-state index is 6.19. The van der Waals surface area contributed by atoms with E-state index in [0.717, 1.165) is 53.5 Å². The first-order valence-corrected chi connectivity index (χ1v) is 10.3. The molecule has 0 radical (unpaired) electrons. The number of methoxy groups -OCH3 is 1. The summed E-state index contributed by atoms with van der Waals surface area (Å²) in [6.07, 6.45) is 5.51. The molecule has 5 heterocycles. The summed E-state index contributed by atoms with van der Waals surface area (Å²) in [6, 6.07) is 7.63. The number of ether oxygens (including phenoxy) is 2. The lowest BCUT2D eigenvalue weighted by molar-refractivity contribution is -0.0111. The van der Waals surface area contributed by atoms with Gasteiger partial charge in [0.2, 0.25) is 0 Å². The molecule has 8 heteroatoms. The van der Waals surface area contributed by atoms with Crippen LogP contribution in [0, 0.1) is 12.8 Å². The molecule has 2 saturated heterocycles. The van der Waals surface area contributed by atoms with Crippen molar-refractivity contribution in [2.45, 2.75) is 32.0 Å².